The fraction of sp³-hybridized carbons (Fsp3) is 0.409. The second kappa shape index (κ2) is 15.6. The topological polar surface area (TPSA) is 161 Å². The van der Waals surface area contributed by atoms with E-state index in [9.17, 15) is 14.4 Å². The number of likely N-dealkylation sites (tertiary alicyclic amines) is 2. The Kier molecular flexibility index (Phi) is 10.4. The number of H-pyrrole nitrogens is 2. The first kappa shape index (κ1) is 38.1. The third-order valence-corrected chi connectivity index (χ3v) is 11.7. The van der Waals surface area contributed by atoms with Crippen LogP contribution in [0.3, 0.4) is 0 Å². The van der Waals surface area contributed by atoms with E-state index in [4.69, 9.17) is 19.7 Å². The second-order valence-electron chi connectivity index (χ2n) is 16.1. The number of aromatic amines is 2. The first-order valence-electron chi connectivity index (χ1n) is 20.1. The number of methoxy groups -OCH3 is 1. The molecule has 1 unspecified atom stereocenters. The molecule has 13 heteroatoms. The number of pyridine rings is 1. The van der Waals surface area contributed by atoms with Gasteiger partial charge in [0.2, 0.25) is 11.8 Å². The quantitative estimate of drug-likeness (QED) is 0.113. The van der Waals surface area contributed by atoms with Crippen molar-refractivity contribution < 1.29 is 19.1 Å². The highest BCUT2D eigenvalue weighted by Gasteiger charge is 2.38. The zero-order chi connectivity index (χ0) is 40.0. The van der Waals surface area contributed by atoms with Crippen molar-refractivity contribution >= 4 is 50.9 Å². The number of nitrogens with one attached hydrogen (secondary N) is 4. The van der Waals surface area contributed by atoms with Crippen LogP contribution in [0.4, 0.5) is 4.79 Å². The van der Waals surface area contributed by atoms with Gasteiger partial charge in [0, 0.05) is 24.0 Å². The number of imidazole rings is 2. The minimum Gasteiger partial charge on any atom is -0.453 e. The van der Waals surface area contributed by atoms with Crippen LogP contribution in [0.2, 0.25) is 0 Å². The number of rotatable bonds is 10. The molecule has 0 bridgehead atoms. The summed E-state index contributed by atoms with van der Waals surface area (Å²) in [6.07, 6.45) is 2.86. The van der Waals surface area contributed by atoms with E-state index in [0.29, 0.717) is 6.54 Å². The van der Waals surface area contributed by atoms with Gasteiger partial charge in [-0.05, 0) is 98.2 Å². The van der Waals surface area contributed by atoms with E-state index in [2.05, 4.69) is 76.9 Å². The molecule has 2 aliphatic heterocycles. The molecular formula is C44H51N9O4. The number of amides is 3. The Labute approximate surface area is 332 Å². The number of carbonyl (C=O) groups is 3. The lowest BCUT2D eigenvalue weighted by Crippen LogP contribution is -2.51. The maximum Gasteiger partial charge on any atom is 0.407 e. The first-order chi connectivity index (χ1) is 27.5. The van der Waals surface area contributed by atoms with Crippen LogP contribution in [-0.2, 0) is 14.3 Å². The van der Waals surface area contributed by atoms with Crippen molar-refractivity contribution in [2.45, 2.75) is 77.5 Å². The van der Waals surface area contributed by atoms with Crippen LogP contribution in [0.1, 0.15) is 77.1 Å². The summed E-state index contributed by atoms with van der Waals surface area (Å²) in [7, 11) is 3.15. The number of nitrogens with zero attached hydrogens (tertiary/aromatic N) is 5. The third kappa shape index (κ3) is 7.32. The largest absolute Gasteiger partial charge is 0.453 e. The lowest BCUT2D eigenvalue weighted by atomic mass is 10.0. The third-order valence-electron chi connectivity index (χ3n) is 11.7. The average Bonchev–Trinajstić information content (AvgIpc) is 4.04. The highest BCUT2D eigenvalue weighted by molar-refractivity contribution is 5.90. The van der Waals surface area contributed by atoms with Gasteiger partial charge >= 0.3 is 6.09 Å². The van der Waals surface area contributed by atoms with Crippen LogP contribution in [0.15, 0.2) is 66.7 Å². The number of carbonyl (C=O) groups excluding carboxylic acids is 3. The summed E-state index contributed by atoms with van der Waals surface area (Å²) >= 11 is 0. The van der Waals surface area contributed by atoms with E-state index in [0.717, 1.165) is 99.2 Å². The monoisotopic (exact) mass is 769 g/mol. The van der Waals surface area contributed by atoms with Crippen molar-refractivity contribution in [3.8, 4) is 22.4 Å². The number of alkyl carbamates (subject to hydrolysis) is 1. The molecule has 2 aliphatic rings. The summed E-state index contributed by atoms with van der Waals surface area (Å²) in [5.41, 5.74) is 8.36. The van der Waals surface area contributed by atoms with E-state index in [-0.39, 0.29) is 41.8 Å². The summed E-state index contributed by atoms with van der Waals surface area (Å²) in [6, 6.07) is 21.6. The molecule has 2 saturated heterocycles. The maximum absolute atomic E-state index is 13.6. The summed E-state index contributed by atoms with van der Waals surface area (Å²) in [5, 5.41) is 6.95. The molecule has 6 aromatic rings. The molecule has 2 fully saturated rings. The number of benzene rings is 3. The number of ether oxygens (including phenoxy) is 1. The highest BCUT2D eigenvalue weighted by atomic mass is 16.5. The number of fused-ring (bicyclic) bond motifs is 3. The van der Waals surface area contributed by atoms with Gasteiger partial charge in [-0.15, -0.1) is 0 Å². The van der Waals surface area contributed by atoms with E-state index in [1.807, 2.05) is 55.0 Å². The van der Waals surface area contributed by atoms with Gasteiger partial charge in [-0.25, -0.2) is 19.7 Å². The molecule has 3 aromatic heterocycles. The SMILES string of the molecule is CN[C@H](C(=O)N1CCC[C@H]1c1nc2ccc(-c3ccc4nc(-c5ccc6nc([C@@H]7CCCN7C(=O)C(NC(=O)OC)C(C)C)[nH]c6c5)ccc4c3)cc2[nH]1)C(C)C. The molecular weight excluding hydrogens is 719 g/mol. The zero-order valence-corrected chi connectivity index (χ0v) is 33.4. The molecule has 5 heterocycles. The van der Waals surface area contributed by atoms with Crippen molar-refractivity contribution in [1.82, 2.24) is 45.4 Å². The standard InChI is InChI=1S/C44H51N9O4/c1-24(2)38(45-5)42(54)52-19-7-9-36(52)40-47-32-17-12-27(22-34(32)49-40)26-11-15-30-28(21-26)13-16-31(46-30)29-14-18-33-35(23-29)50-41(48-33)37-10-8-20-53(37)43(55)39(25(3)4)51-44(56)57-6/h11-18,21-25,36-39,45H,7-10,19-20H2,1-6H3,(H,47,49)(H,48,50)(H,51,56)/t36-,37-,38-,39?/m0/s1. The fourth-order valence-corrected chi connectivity index (χ4v) is 8.61. The first-order valence-corrected chi connectivity index (χ1v) is 20.1. The summed E-state index contributed by atoms with van der Waals surface area (Å²) in [6.45, 7) is 9.30. The lowest BCUT2D eigenvalue weighted by molar-refractivity contribution is -0.136. The van der Waals surface area contributed by atoms with Crippen LogP contribution in [0.5, 0.6) is 0 Å². The summed E-state index contributed by atoms with van der Waals surface area (Å²) < 4.78 is 4.78. The Morgan fingerprint density at radius 3 is 1.77 bits per heavy atom. The van der Waals surface area contributed by atoms with Gasteiger partial charge in [0.1, 0.15) is 17.7 Å². The van der Waals surface area contributed by atoms with Crippen LogP contribution < -0.4 is 10.6 Å². The van der Waals surface area contributed by atoms with Crippen LogP contribution in [0, 0.1) is 11.8 Å². The van der Waals surface area contributed by atoms with Crippen LogP contribution >= 0.6 is 0 Å². The van der Waals surface area contributed by atoms with Crippen molar-refractivity contribution in [2.75, 3.05) is 27.2 Å². The number of likely N-dealkylation sites (N-methyl/N-ethyl adjacent to an activating group) is 1. The smallest absolute Gasteiger partial charge is 0.407 e. The lowest BCUT2D eigenvalue weighted by Gasteiger charge is -2.29. The van der Waals surface area contributed by atoms with Crippen LogP contribution in [-0.4, -0.2) is 92.0 Å². The Balaban J connectivity index is 1.00. The second-order valence-corrected chi connectivity index (χ2v) is 16.1. The summed E-state index contributed by atoms with van der Waals surface area (Å²) in [4.78, 5) is 64.8. The van der Waals surface area contributed by atoms with Crippen molar-refractivity contribution in [3.05, 3.63) is 78.4 Å². The van der Waals surface area contributed by atoms with Gasteiger partial charge in [-0.2, -0.15) is 0 Å². The van der Waals surface area contributed by atoms with E-state index < -0.39 is 12.1 Å². The predicted octanol–water partition coefficient (Wildman–Crippen LogP) is 7.27. The maximum atomic E-state index is 13.6. The molecule has 4 atom stereocenters. The van der Waals surface area contributed by atoms with Crippen molar-refractivity contribution in [3.63, 3.8) is 0 Å². The molecule has 0 aliphatic carbocycles. The predicted molar refractivity (Wildman–Crippen MR) is 221 cm³/mol. The molecule has 0 radical (unpaired) electrons. The molecule has 3 aromatic carbocycles. The molecule has 3 amide bonds. The Morgan fingerprint density at radius 1 is 0.684 bits per heavy atom. The van der Waals surface area contributed by atoms with Gasteiger partial charge < -0.3 is 35.1 Å². The Hall–Kier alpha value is -5.82. The number of aromatic nitrogens is 5. The Morgan fingerprint density at radius 2 is 1.21 bits per heavy atom. The normalized spacial score (nSPS) is 18.3. The van der Waals surface area contributed by atoms with Crippen molar-refractivity contribution in [1.29, 1.82) is 0 Å². The van der Waals surface area contributed by atoms with Crippen LogP contribution in [0.25, 0.3) is 55.4 Å². The molecule has 57 heavy (non-hydrogen) atoms. The minimum absolute atomic E-state index is 0.0610. The van der Waals surface area contributed by atoms with Gasteiger partial charge in [-0.1, -0.05) is 52.0 Å². The van der Waals surface area contributed by atoms with Gasteiger partial charge in [-0.3, -0.25) is 9.59 Å². The molecule has 8 rings (SSSR count). The summed E-state index contributed by atoms with van der Waals surface area (Å²) in [5.74, 6) is 1.66. The van der Waals surface area contributed by atoms with Gasteiger partial charge in [0.05, 0.1) is 58.5 Å². The zero-order valence-electron chi connectivity index (χ0n) is 33.4. The molecule has 13 nitrogen and oxygen atoms in total. The van der Waals surface area contributed by atoms with Crippen molar-refractivity contribution in [2.24, 2.45) is 11.8 Å². The van der Waals surface area contributed by atoms with E-state index in [1.54, 1.807) is 0 Å². The number of hydrogen-bond donors (Lipinski definition) is 4. The average molecular weight is 770 g/mol. The number of hydrogen-bond acceptors (Lipinski definition) is 8. The van der Waals surface area contributed by atoms with Gasteiger partial charge in [0.25, 0.3) is 0 Å². The molecule has 0 spiro atoms. The highest BCUT2D eigenvalue weighted by Crippen LogP contribution is 2.36. The molecule has 0 saturated carbocycles. The minimum atomic E-state index is -0.689. The fourth-order valence-electron chi connectivity index (χ4n) is 8.61. The van der Waals surface area contributed by atoms with E-state index >= 15 is 0 Å². The molecule has 296 valence electrons. The molecule has 4 N–H and O–H groups in total. The Bertz CT molecular complexity index is 2470. The van der Waals surface area contributed by atoms with Gasteiger partial charge in [0.15, 0.2) is 0 Å². The van der Waals surface area contributed by atoms with E-state index in [1.165, 1.54) is 7.11 Å².